The summed E-state index contributed by atoms with van der Waals surface area (Å²) in [6.07, 6.45) is 0.449. The molecule has 0 fully saturated rings. The molecule has 2 aromatic rings. The monoisotopic (exact) mass is 385 g/mol. The van der Waals surface area contributed by atoms with Crippen LogP contribution in [-0.2, 0) is 22.5 Å². The van der Waals surface area contributed by atoms with E-state index in [4.69, 9.17) is 17.0 Å². The van der Waals surface area contributed by atoms with E-state index < -0.39 is 12.1 Å². The molecule has 2 aromatic carbocycles. The maximum atomic E-state index is 11.2. The second-order valence-electron chi connectivity index (χ2n) is 6.39. The van der Waals surface area contributed by atoms with Crippen LogP contribution in [0.25, 0.3) is 0 Å². The van der Waals surface area contributed by atoms with E-state index in [9.17, 15) is 9.90 Å². The zero-order valence-corrected chi connectivity index (χ0v) is 16.7. The summed E-state index contributed by atoms with van der Waals surface area (Å²) in [4.78, 5) is 12.1. The van der Waals surface area contributed by atoms with Crippen LogP contribution in [0.2, 0.25) is 0 Å². The minimum atomic E-state index is -0.932. The Hall–Kier alpha value is -2.24. The first-order valence-corrected chi connectivity index (χ1v) is 9.70. The predicted molar refractivity (Wildman–Crippen MR) is 112 cm³/mol. The number of rotatable bonds is 10. The van der Waals surface area contributed by atoms with Gasteiger partial charge in [-0.25, -0.2) is 4.79 Å². The number of carboxylic acids is 1. The fraction of sp³-hybridized carbons (Fsp3) is 0.364. The average Bonchev–Trinajstić information content (AvgIpc) is 2.68. The number of ether oxygens (including phenoxy) is 1. The lowest BCUT2D eigenvalue weighted by Gasteiger charge is -2.19. The van der Waals surface area contributed by atoms with Crippen molar-refractivity contribution in [3.63, 3.8) is 0 Å². The van der Waals surface area contributed by atoms with Gasteiger partial charge in [-0.1, -0.05) is 73.7 Å². The van der Waals surface area contributed by atoms with Gasteiger partial charge in [-0.2, -0.15) is 0 Å². The highest BCUT2D eigenvalue weighted by Gasteiger charge is 2.19. The van der Waals surface area contributed by atoms with Crippen molar-refractivity contribution in [3.8, 4) is 0 Å². The van der Waals surface area contributed by atoms with Crippen molar-refractivity contribution < 1.29 is 14.6 Å². The van der Waals surface area contributed by atoms with Crippen molar-refractivity contribution >= 4 is 23.2 Å². The van der Waals surface area contributed by atoms with Gasteiger partial charge < -0.3 is 15.2 Å². The zero-order valence-electron chi connectivity index (χ0n) is 15.9. The number of thiocarbonyl (C=S) groups is 1. The van der Waals surface area contributed by atoms with Gasteiger partial charge >= 0.3 is 5.97 Å². The van der Waals surface area contributed by atoms with Crippen LogP contribution in [0.15, 0.2) is 54.6 Å². The summed E-state index contributed by atoms with van der Waals surface area (Å²) in [5.41, 5.74) is 3.27. The molecular weight excluding hydrogens is 358 g/mol. The fourth-order valence-electron chi connectivity index (χ4n) is 3.00. The molecule has 1 unspecified atom stereocenters. The van der Waals surface area contributed by atoms with Crippen LogP contribution >= 0.6 is 12.2 Å². The van der Waals surface area contributed by atoms with E-state index in [1.807, 2.05) is 42.5 Å². The first-order valence-electron chi connectivity index (χ1n) is 9.30. The lowest BCUT2D eigenvalue weighted by atomic mass is 9.94. The fourth-order valence-corrected chi connectivity index (χ4v) is 3.37. The normalized spacial score (nSPS) is 13.0. The van der Waals surface area contributed by atoms with Gasteiger partial charge in [0.1, 0.15) is 0 Å². The molecule has 0 heterocycles. The van der Waals surface area contributed by atoms with E-state index in [-0.39, 0.29) is 5.92 Å². The Morgan fingerprint density at radius 2 is 1.74 bits per heavy atom. The summed E-state index contributed by atoms with van der Waals surface area (Å²) < 4.78 is 5.29. The molecule has 0 aromatic heterocycles. The second-order valence-corrected chi connectivity index (χ2v) is 6.83. The van der Waals surface area contributed by atoms with Crippen molar-refractivity contribution in [2.75, 3.05) is 6.61 Å². The molecule has 0 radical (unpaired) electrons. The van der Waals surface area contributed by atoms with E-state index >= 15 is 0 Å². The molecule has 0 aliphatic heterocycles. The maximum absolute atomic E-state index is 11.2. The molecule has 0 saturated carbocycles. The lowest BCUT2D eigenvalue weighted by Crippen LogP contribution is -2.27. The Morgan fingerprint density at radius 1 is 1.07 bits per heavy atom. The number of benzene rings is 2. The number of hydrogen-bond donors (Lipinski definition) is 2. The molecule has 0 amide bonds. The predicted octanol–water partition coefficient (Wildman–Crippen LogP) is 4.33. The maximum Gasteiger partial charge on any atom is 0.333 e. The number of nitrogens with one attached hydrogen (secondary N) is 1. The van der Waals surface area contributed by atoms with Crippen LogP contribution in [0.4, 0.5) is 0 Å². The molecule has 0 spiro atoms. The third-order valence-electron chi connectivity index (χ3n) is 4.48. The zero-order chi connectivity index (χ0) is 19.6. The van der Waals surface area contributed by atoms with Crippen LogP contribution in [0.5, 0.6) is 0 Å². The van der Waals surface area contributed by atoms with Gasteiger partial charge in [-0.15, -0.1) is 0 Å². The lowest BCUT2D eigenvalue weighted by molar-refractivity contribution is -0.149. The molecule has 27 heavy (non-hydrogen) atoms. The molecule has 2 rings (SSSR count). The Morgan fingerprint density at radius 3 is 2.30 bits per heavy atom. The number of aliphatic carboxylic acids is 1. The number of carboxylic acid groups (broad SMARTS) is 1. The average molecular weight is 386 g/mol. The van der Waals surface area contributed by atoms with Crippen LogP contribution in [0, 0.1) is 0 Å². The molecule has 0 saturated heterocycles. The molecule has 0 aliphatic rings. The van der Waals surface area contributed by atoms with Gasteiger partial charge in [-0.05, 0) is 30.0 Å². The van der Waals surface area contributed by atoms with Crippen LogP contribution in [-0.4, -0.2) is 28.8 Å². The third kappa shape index (κ3) is 6.45. The van der Waals surface area contributed by atoms with E-state index in [0.29, 0.717) is 19.6 Å². The van der Waals surface area contributed by atoms with Gasteiger partial charge in [0.25, 0.3) is 0 Å². The standard InChI is InChI=1S/C22H27NO3S/c1-3-19(21(27)23-15-17-8-6-5-7-9-17)18-12-10-16(11-13-18)14-20(22(24)25)26-4-2/h5-13,19-20H,3-4,14-15H2,1-2H3,(H,23,27)(H,24,25)/t19?,20-/m0/s1. The Kier molecular flexibility index (Phi) is 8.43. The molecular formula is C22H27NO3S. The van der Waals surface area contributed by atoms with Crippen molar-refractivity contribution in [1.29, 1.82) is 0 Å². The van der Waals surface area contributed by atoms with E-state index in [1.165, 1.54) is 5.56 Å². The van der Waals surface area contributed by atoms with Gasteiger partial charge in [-0.3, -0.25) is 0 Å². The molecule has 0 aliphatic carbocycles. The topological polar surface area (TPSA) is 58.6 Å². The smallest absolute Gasteiger partial charge is 0.333 e. The van der Waals surface area contributed by atoms with E-state index in [2.05, 4.69) is 24.4 Å². The Labute approximate surface area is 166 Å². The largest absolute Gasteiger partial charge is 0.479 e. The molecule has 0 bridgehead atoms. The van der Waals surface area contributed by atoms with Gasteiger partial charge in [0.05, 0.1) is 4.99 Å². The quantitative estimate of drug-likeness (QED) is 0.596. The number of hydrogen-bond acceptors (Lipinski definition) is 3. The minimum Gasteiger partial charge on any atom is -0.479 e. The number of carbonyl (C=O) groups is 1. The Balaban J connectivity index is 2.00. The van der Waals surface area contributed by atoms with E-state index in [0.717, 1.165) is 22.5 Å². The molecule has 4 nitrogen and oxygen atoms in total. The summed E-state index contributed by atoms with van der Waals surface area (Å²) in [5, 5.41) is 12.6. The van der Waals surface area contributed by atoms with Gasteiger partial charge in [0, 0.05) is 25.5 Å². The molecule has 5 heteroatoms. The molecule has 144 valence electrons. The third-order valence-corrected chi connectivity index (χ3v) is 4.91. The first kappa shape index (κ1) is 21.1. The van der Waals surface area contributed by atoms with Crippen molar-refractivity contribution in [2.45, 2.75) is 45.3 Å². The highest BCUT2D eigenvalue weighted by molar-refractivity contribution is 7.80. The summed E-state index contributed by atoms with van der Waals surface area (Å²) in [7, 11) is 0. The summed E-state index contributed by atoms with van der Waals surface area (Å²) in [6.45, 7) is 5.01. The van der Waals surface area contributed by atoms with Crippen LogP contribution in [0.1, 0.15) is 42.9 Å². The highest BCUT2D eigenvalue weighted by atomic mass is 32.1. The van der Waals surface area contributed by atoms with Crippen LogP contribution < -0.4 is 5.32 Å². The van der Waals surface area contributed by atoms with Crippen molar-refractivity contribution in [3.05, 3.63) is 71.3 Å². The first-order chi connectivity index (χ1) is 13.0. The van der Waals surface area contributed by atoms with Crippen LogP contribution in [0.3, 0.4) is 0 Å². The summed E-state index contributed by atoms with van der Waals surface area (Å²) >= 11 is 5.62. The van der Waals surface area contributed by atoms with Crippen molar-refractivity contribution in [1.82, 2.24) is 5.32 Å². The molecule has 2 N–H and O–H groups in total. The van der Waals surface area contributed by atoms with E-state index in [1.54, 1.807) is 6.92 Å². The Bertz CT molecular complexity index is 731. The van der Waals surface area contributed by atoms with Crippen molar-refractivity contribution in [2.24, 2.45) is 0 Å². The summed E-state index contributed by atoms with van der Waals surface area (Å²) in [5.74, 6) is -0.793. The highest BCUT2D eigenvalue weighted by Crippen LogP contribution is 2.22. The van der Waals surface area contributed by atoms with Gasteiger partial charge in [0.2, 0.25) is 0 Å². The second kappa shape index (κ2) is 10.8. The summed E-state index contributed by atoms with van der Waals surface area (Å²) in [6, 6.07) is 18.2. The SMILES string of the molecule is CCO[C@@H](Cc1ccc(C(CC)C(=S)NCc2ccccc2)cc1)C(=O)O. The molecule has 2 atom stereocenters. The van der Waals surface area contributed by atoms with Gasteiger partial charge in [0.15, 0.2) is 6.10 Å². The minimum absolute atomic E-state index is 0.139.